The number of aryl methyl sites for hydroxylation is 2. The Morgan fingerprint density at radius 2 is 1.94 bits per heavy atom. The van der Waals surface area contributed by atoms with E-state index in [0.29, 0.717) is 6.04 Å². The molecule has 0 radical (unpaired) electrons. The van der Waals surface area contributed by atoms with Gasteiger partial charge in [0.2, 0.25) is 0 Å². The third-order valence-corrected chi connectivity index (χ3v) is 7.06. The first-order valence-corrected chi connectivity index (χ1v) is 11.5. The number of nitrogens with zero attached hydrogens (tertiary/aromatic N) is 4. The molecule has 4 heterocycles. The Labute approximate surface area is 209 Å². The van der Waals surface area contributed by atoms with Gasteiger partial charge in [-0.25, -0.2) is 9.37 Å². The first-order valence-electron chi connectivity index (χ1n) is 10.7. The van der Waals surface area contributed by atoms with Crippen molar-refractivity contribution in [1.82, 2.24) is 19.8 Å². The molecule has 2 aliphatic heterocycles. The van der Waals surface area contributed by atoms with Gasteiger partial charge in [-0.15, -0.1) is 36.2 Å². The minimum absolute atomic E-state index is 0. The Bertz CT molecular complexity index is 1210. The number of nitrogens with one attached hydrogen (secondary N) is 1. The van der Waals surface area contributed by atoms with E-state index in [1.54, 1.807) is 23.5 Å². The van der Waals surface area contributed by atoms with E-state index in [4.69, 9.17) is 9.97 Å². The van der Waals surface area contributed by atoms with Crippen LogP contribution in [0.5, 0.6) is 0 Å². The number of likely N-dealkylation sites (N-methyl/N-ethyl adjacent to an activating group) is 1. The van der Waals surface area contributed by atoms with Crippen molar-refractivity contribution < 1.29 is 4.39 Å². The van der Waals surface area contributed by atoms with Crippen LogP contribution in [0.3, 0.4) is 0 Å². The van der Waals surface area contributed by atoms with E-state index in [1.807, 2.05) is 37.5 Å². The number of thiazole rings is 1. The molecule has 1 N–H and O–H groups in total. The highest BCUT2D eigenvalue weighted by molar-refractivity contribution is 7.16. The van der Waals surface area contributed by atoms with Crippen molar-refractivity contribution in [3.05, 3.63) is 75.2 Å². The number of pyridine rings is 1. The van der Waals surface area contributed by atoms with E-state index in [9.17, 15) is 4.39 Å². The molecule has 0 spiro atoms. The summed E-state index contributed by atoms with van der Waals surface area (Å²) in [6.07, 6.45) is 5.85. The Kier molecular flexibility index (Phi) is 8.34. The molecule has 5 nitrogen and oxygen atoms in total. The number of aromatic nitrogens is 2. The number of hydrogen-bond donors (Lipinski definition) is 1. The van der Waals surface area contributed by atoms with Gasteiger partial charge >= 0.3 is 0 Å². The number of hydrogen-bond acceptors (Lipinski definition) is 6. The number of halogens is 3. The van der Waals surface area contributed by atoms with Gasteiger partial charge in [0.15, 0.2) is 0 Å². The average Bonchev–Trinajstić information content (AvgIpc) is 3.07. The highest BCUT2D eigenvalue weighted by atomic mass is 35.5. The summed E-state index contributed by atoms with van der Waals surface area (Å²) in [5, 5.41) is 7.64. The zero-order chi connectivity index (χ0) is 21.4. The molecule has 9 heteroatoms. The fourth-order valence-corrected chi connectivity index (χ4v) is 5.21. The van der Waals surface area contributed by atoms with Crippen molar-refractivity contribution >= 4 is 53.0 Å². The molecule has 3 aromatic rings. The monoisotopic (exact) mass is 507 g/mol. The topological polar surface area (TPSA) is 44.3 Å². The largest absolute Gasteiger partial charge is 0.365 e. The normalized spacial score (nSPS) is 17.5. The Morgan fingerprint density at radius 1 is 1.15 bits per heavy atom. The maximum Gasteiger partial charge on any atom is 0.124 e. The van der Waals surface area contributed by atoms with Crippen LogP contribution in [0, 0.1) is 12.7 Å². The van der Waals surface area contributed by atoms with Gasteiger partial charge in [-0.05, 0) is 56.6 Å². The summed E-state index contributed by atoms with van der Waals surface area (Å²) in [6, 6.07) is 11.4. The predicted molar refractivity (Wildman–Crippen MR) is 138 cm³/mol. The summed E-state index contributed by atoms with van der Waals surface area (Å²) in [4.78, 5) is 14.5. The number of piperazine rings is 1. The van der Waals surface area contributed by atoms with Crippen LogP contribution in [0.1, 0.15) is 22.7 Å². The maximum atomic E-state index is 13.2. The number of fused-ring (bicyclic) bond motifs is 2. The third-order valence-electron chi connectivity index (χ3n) is 6.15. The Balaban J connectivity index is 0.00000153. The van der Waals surface area contributed by atoms with Crippen molar-refractivity contribution in [3.63, 3.8) is 0 Å². The van der Waals surface area contributed by atoms with E-state index < -0.39 is 0 Å². The fourth-order valence-electron chi connectivity index (χ4n) is 4.42. The molecule has 2 aliphatic rings. The summed E-state index contributed by atoms with van der Waals surface area (Å²) < 4.78 is 13.2. The summed E-state index contributed by atoms with van der Waals surface area (Å²) in [5.74, 6) is -0.180. The molecular weight excluding hydrogens is 480 g/mol. The van der Waals surface area contributed by atoms with Crippen LogP contribution in [0.15, 0.2) is 42.6 Å². The molecule has 1 saturated heterocycles. The van der Waals surface area contributed by atoms with Crippen LogP contribution in [0.2, 0.25) is 0 Å². The quantitative estimate of drug-likeness (QED) is 0.586. The van der Waals surface area contributed by atoms with E-state index in [1.165, 1.54) is 5.56 Å². The van der Waals surface area contributed by atoms with Gasteiger partial charge in [-0.1, -0.05) is 12.1 Å². The van der Waals surface area contributed by atoms with Crippen LogP contribution in [0.25, 0.3) is 11.9 Å². The lowest BCUT2D eigenvalue weighted by atomic mass is 10.0. The highest BCUT2D eigenvalue weighted by Crippen LogP contribution is 2.32. The van der Waals surface area contributed by atoms with Gasteiger partial charge in [0, 0.05) is 43.3 Å². The van der Waals surface area contributed by atoms with E-state index in [2.05, 4.69) is 28.2 Å². The second-order valence-corrected chi connectivity index (χ2v) is 9.44. The molecule has 0 saturated carbocycles. The summed E-state index contributed by atoms with van der Waals surface area (Å²) in [6.45, 7) is 4.88. The molecule has 5 rings (SSSR count). The highest BCUT2D eigenvalue weighted by Gasteiger charge is 2.29. The van der Waals surface area contributed by atoms with Crippen LogP contribution in [-0.2, 0) is 6.42 Å². The third kappa shape index (κ3) is 5.32. The lowest BCUT2D eigenvalue weighted by Crippen LogP contribution is -2.52. The van der Waals surface area contributed by atoms with Crippen molar-refractivity contribution in [2.45, 2.75) is 25.8 Å². The molecule has 1 atom stereocenters. The summed E-state index contributed by atoms with van der Waals surface area (Å²) >= 11 is 1.68. The van der Waals surface area contributed by atoms with Crippen molar-refractivity contribution in [2.75, 3.05) is 32.0 Å². The van der Waals surface area contributed by atoms with Gasteiger partial charge in [0.1, 0.15) is 16.5 Å². The van der Waals surface area contributed by atoms with E-state index in [0.717, 1.165) is 64.4 Å². The second kappa shape index (κ2) is 10.8. The van der Waals surface area contributed by atoms with Crippen LogP contribution < -0.4 is 15.9 Å². The minimum atomic E-state index is -0.180. The van der Waals surface area contributed by atoms with Gasteiger partial charge in [-0.3, -0.25) is 9.88 Å². The second-order valence-electron chi connectivity index (χ2n) is 8.23. The van der Waals surface area contributed by atoms with Crippen molar-refractivity contribution in [2.24, 2.45) is 0 Å². The zero-order valence-corrected chi connectivity index (χ0v) is 21.1. The van der Waals surface area contributed by atoms with Gasteiger partial charge in [0.25, 0.3) is 0 Å². The Hall–Kier alpha value is -2.19. The lowest BCUT2D eigenvalue weighted by Gasteiger charge is -2.41. The van der Waals surface area contributed by atoms with Gasteiger partial charge in [0.05, 0.1) is 16.1 Å². The predicted octanol–water partition coefficient (Wildman–Crippen LogP) is 3.40. The maximum absolute atomic E-state index is 13.2. The van der Waals surface area contributed by atoms with Crippen LogP contribution in [0.4, 0.5) is 9.39 Å². The molecule has 33 heavy (non-hydrogen) atoms. The standard InChI is InChI=1S/C24H26FN5S.2ClH/c1-16-28-22-23(21-18(4-3-11-26-21)14-27-24(22)31-16)30-13-12-29(2)20(15-30)10-7-17-5-8-19(25)9-6-17;;/h3-6,8-9,11,14,20,27H,7,10,12-13,15H2,1-2H3;2*1H. The SMILES string of the molecule is Cc1nc2c(s1)NC=c1cccnc1=C2N1CCN(C)C(CCc2ccc(F)cc2)C1.Cl.Cl. The lowest BCUT2D eigenvalue weighted by molar-refractivity contribution is 0.127. The van der Waals surface area contributed by atoms with Gasteiger partial charge < -0.3 is 10.2 Å². The number of benzene rings is 1. The average molecular weight is 508 g/mol. The molecule has 1 unspecified atom stereocenters. The number of anilines is 1. The smallest absolute Gasteiger partial charge is 0.124 e. The summed E-state index contributed by atoms with van der Waals surface area (Å²) in [7, 11) is 2.20. The molecule has 0 amide bonds. The van der Waals surface area contributed by atoms with E-state index in [-0.39, 0.29) is 30.6 Å². The van der Waals surface area contributed by atoms with E-state index >= 15 is 0 Å². The molecule has 176 valence electrons. The zero-order valence-electron chi connectivity index (χ0n) is 18.6. The molecule has 1 fully saturated rings. The first kappa shape index (κ1) is 25.4. The van der Waals surface area contributed by atoms with Crippen molar-refractivity contribution in [3.8, 4) is 0 Å². The van der Waals surface area contributed by atoms with Crippen molar-refractivity contribution in [1.29, 1.82) is 0 Å². The first-order chi connectivity index (χ1) is 15.1. The molecule has 2 aromatic heterocycles. The molecule has 0 bridgehead atoms. The van der Waals surface area contributed by atoms with Crippen LogP contribution >= 0.6 is 36.2 Å². The number of rotatable bonds is 4. The molecule has 0 aliphatic carbocycles. The van der Waals surface area contributed by atoms with Crippen LogP contribution in [-0.4, -0.2) is 52.5 Å². The fraction of sp³-hybridized carbons (Fsp3) is 0.333. The molecule has 1 aromatic carbocycles. The molecular formula is C24H28Cl2FN5S. The summed E-state index contributed by atoms with van der Waals surface area (Å²) in [5.41, 5.74) is 3.30. The Morgan fingerprint density at radius 3 is 2.73 bits per heavy atom. The minimum Gasteiger partial charge on any atom is -0.365 e. The van der Waals surface area contributed by atoms with Gasteiger partial charge in [-0.2, -0.15) is 0 Å².